The standard InChI is InChI=1S/C20H23ClF2N2O2/c21-14-1-4-18(5-2-14)27-13-17(26)12-25-9-7-15(8-10-25)24-16-3-6-19(22)20(23)11-16/h1-6,11,15,17,24,26H,7-10,12-13H2. The Morgan fingerprint density at radius 3 is 2.48 bits per heavy atom. The monoisotopic (exact) mass is 396 g/mol. The molecule has 2 aromatic carbocycles. The fourth-order valence-electron chi connectivity index (χ4n) is 3.16. The summed E-state index contributed by atoms with van der Waals surface area (Å²) < 4.78 is 31.8. The normalized spacial score (nSPS) is 16.9. The van der Waals surface area contributed by atoms with E-state index in [2.05, 4.69) is 10.2 Å². The Hall–Kier alpha value is -1.89. The van der Waals surface area contributed by atoms with E-state index >= 15 is 0 Å². The topological polar surface area (TPSA) is 44.7 Å². The van der Waals surface area contributed by atoms with Crippen LogP contribution in [0.2, 0.25) is 5.02 Å². The van der Waals surface area contributed by atoms with Crippen molar-refractivity contribution in [3.8, 4) is 5.75 Å². The molecule has 1 atom stereocenters. The van der Waals surface area contributed by atoms with E-state index in [-0.39, 0.29) is 12.6 Å². The van der Waals surface area contributed by atoms with Crippen molar-refractivity contribution < 1.29 is 18.6 Å². The number of hydrogen-bond acceptors (Lipinski definition) is 4. The highest BCUT2D eigenvalue weighted by atomic mass is 35.5. The quantitative estimate of drug-likeness (QED) is 0.744. The molecule has 4 nitrogen and oxygen atoms in total. The molecule has 0 bridgehead atoms. The summed E-state index contributed by atoms with van der Waals surface area (Å²) >= 11 is 5.83. The van der Waals surface area contributed by atoms with Crippen LogP contribution in [-0.4, -0.2) is 48.4 Å². The minimum Gasteiger partial charge on any atom is -0.491 e. The van der Waals surface area contributed by atoms with E-state index in [1.165, 1.54) is 6.07 Å². The average Bonchev–Trinajstić information content (AvgIpc) is 2.66. The smallest absolute Gasteiger partial charge is 0.160 e. The summed E-state index contributed by atoms with van der Waals surface area (Å²) in [6, 6.07) is 11.1. The molecule has 0 radical (unpaired) electrons. The number of aliphatic hydroxyl groups excluding tert-OH is 1. The lowest BCUT2D eigenvalue weighted by Gasteiger charge is -2.33. The Kier molecular flexibility index (Phi) is 6.88. The highest BCUT2D eigenvalue weighted by Crippen LogP contribution is 2.19. The summed E-state index contributed by atoms with van der Waals surface area (Å²) in [6.45, 7) is 2.39. The second-order valence-corrected chi connectivity index (χ2v) is 7.20. The molecule has 146 valence electrons. The number of ether oxygens (including phenoxy) is 1. The van der Waals surface area contributed by atoms with E-state index in [9.17, 15) is 13.9 Å². The molecule has 0 aliphatic carbocycles. The maximum Gasteiger partial charge on any atom is 0.160 e. The highest BCUT2D eigenvalue weighted by Gasteiger charge is 2.21. The van der Waals surface area contributed by atoms with Crippen molar-refractivity contribution in [2.45, 2.75) is 25.0 Å². The van der Waals surface area contributed by atoms with Gasteiger partial charge in [0, 0.05) is 42.5 Å². The number of likely N-dealkylation sites (tertiary alicyclic amines) is 1. The summed E-state index contributed by atoms with van der Waals surface area (Å²) in [5, 5.41) is 14.1. The summed E-state index contributed by atoms with van der Waals surface area (Å²) in [5.74, 6) is -1.01. The van der Waals surface area contributed by atoms with Crippen molar-refractivity contribution in [3.05, 3.63) is 59.1 Å². The number of rotatable bonds is 7. The van der Waals surface area contributed by atoms with Gasteiger partial charge in [0.25, 0.3) is 0 Å². The number of aliphatic hydroxyl groups is 1. The van der Waals surface area contributed by atoms with Crippen LogP contribution in [0, 0.1) is 11.6 Å². The Morgan fingerprint density at radius 2 is 1.81 bits per heavy atom. The van der Waals surface area contributed by atoms with Gasteiger partial charge >= 0.3 is 0 Å². The molecule has 2 aromatic rings. The van der Waals surface area contributed by atoms with Crippen LogP contribution in [0.4, 0.5) is 14.5 Å². The third kappa shape index (κ3) is 6.06. The summed E-state index contributed by atoms with van der Waals surface area (Å²) in [4.78, 5) is 2.18. The largest absolute Gasteiger partial charge is 0.491 e. The highest BCUT2D eigenvalue weighted by molar-refractivity contribution is 6.30. The van der Waals surface area contributed by atoms with Crippen LogP contribution in [-0.2, 0) is 0 Å². The van der Waals surface area contributed by atoms with Gasteiger partial charge in [-0.2, -0.15) is 0 Å². The molecule has 1 aliphatic rings. The molecule has 3 rings (SSSR count). The summed E-state index contributed by atoms with van der Waals surface area (Å²) in [5.41, 5.74) is 0.587. The third-order valence-corrected chi connectivity index (χ3v) is 4.85. The Morgan fingerprint density at radius 1 is 1.11 bits per heavy atom. The maximum absolute atomic E-state index is 13.3. The SMILES string of the molecule is OC(COc1ccc(Cl)cc1)CN1CCC(Nc2ccc(F)c(F)c2)CC1. The predicted octanol–water partition coefficient (Wildman–Crippen LogP) is 3.93. The molecule has 27 heavy (non-hydrogen) atoms. The number of nitrogens with one attached hydrogen (secondary N) is 1. The van der Waals surface area contributed by atoms with Crippen molar-refractivity contribution in [1.29, 1.82) is 0 Å². The van der Waals surface area contributed by atoms with Crippen LogP contribution in [0.25, 0.3) is 0 Å². The first kappa shape index (κ1) is 19.9. The van der Waals surface area contributed by atoms with Gasteiger partial charge < -0.3 is 20.1 Å². The van der Waals surface area contributed by atoms with Crippen molar-refractivity contribution in [2.24, 2.45) is 0 Å². The Labute approximate surface area is 162 Å². The van der Waals surface area contributed by atoms with Crippen molar-refractivity contribution in [2.75, 3.05) is 31.6 Å². The first-order valence-electron chi connectivity index (χ1n) is 9.00. The lowest BCUT2D eigenvalue weighted by Crippen LogP contribution is -2.43. The van der Waals surface area contributed by atoms with Gasteiger partial charge in [0.2, 0.25) is 0 Å². The van der Waals surface area contributed by atoms with Gasteiger partial charge in [-0.15, -0.1) is 0 Å². The number of benzene rings is 2. The van der Waals surface area contributed by atoms with E-state index in [4.69, 9.17) is 16.3 Å². The van der Waals surface area contributed by atoms with E-state index in [0.717, 1.165) is 32.0 Å². The van der Waals surface area contributed by atoms with Crippen molar-refractivity contribution >= 4 is 17.3 Å². The molecule has 1 aliphatic heterocycles. The van der Waals surface area contributed by atoms with E-state index < -0.39 is 17.7 Å². The molecule has 0 spiro atoms. The molecule has 1 heterocycles. The molecule has 0 aromatic heterocycles. The van der Waals surface area contributed by atoms with Gasteiger partial charge in [0.15, 0.2) is 11.6 Å². The minimum atomic E-state index is -0.846. The lowest BCUT2D eigenvalue weighted by molar-refractivity contribution is 0.0605. The van der Waals surface area contributed by atoms with Crippen LogP contribution < -0.4 is 10.1 Å². The molecule has 0 saturated carbocycles. The number of nitrogens with zero attached hydrogens (tertiary/aromatic N) is 1. The Balaban J connectivity index is 1.38. The summed E-state index contributed by atoms with van der Waals surface area (Å²) in [7, 11) is 0. The Bertz CT molecular complexity index is 737. The van der Waals surface area contributed by atoms with Gasteiger partial charge in [-0.3, -0.25) is 0 Å². The molecule has 0 amide bonds. The van der Waals surface area contributed by atoms with Crippen LogP contribution in [0.3, 0.4) is 0 Å². The van der Waals surface area contributed by atoms with Crippen LogP contribution >= 0.6 is 11.6 Å². The third-order valence-electron chi connectivity index (χ3n) is 4.60. The second kappa shape index (κ2) is 9.35. The van der Waals surface area contributed by atoms with Crippen LogP contribution in [0.1, 0.15) is 12.8 Å². The number of hydrogen-bond donors (Lipinski definition) is 2. The minimum absolute atomic E-state index is 0.202. The first-order chi connectivity index (χ1) is 13.0. The molecular weight excluding hydrogens is 374 g/mol. The van der Waals surface area contributed by atoms with Crippen LogP contribution in [0.5, 0.6) is 5.75 Å². The average molecular weight is 397 g/mol. The van der Waals surface area contributed by atoms with Crippen molar-refractivity contribution in [1.82, 2.24) is 4.90 Å². The van der Waals surface area contributed by atoms with Gasteiger partial charge in [-0.25, -0.2) is 8.78 Å². The van der Waals surface area contributed by atoms with Crippen LogP contribution in [0.15, 0.2) is 42.5 Å². The lowest BCUT2D eigenvalue weighted by atomic mass is 10.0. The zero-order valence-corrected chi connectivity index (χ0v) is 15.6. The molecule has 7 heteroatoms. The second-order valence-electron chi connectivity index (χ2n) is 6.77. The number of anilines is 1. The maximum atomic E-state index is 13.3. The molecular formula is C20H23ClF2N2O2. The van der Waals surface area contributed by atoms with Gasteiger partial charge in [0.05, 0.1) is 0 Å². The van der Waals surface area contributed by atoms with Gasteiger partial charge in [-0.1, -0.05) is 11.6 Å². The fourth-order valence-corrected chi connectivity index (χ4v) is 3.28. The molecule has 2 N–H and O–H groups in total. The van der Waals surface area contributed by atoms with E-state index in [1.807, 2.05) is 0 Å². The first-order valence-corrected chi connectivity index (χ1v) is 9.38. The molecule has 1 fully saturated rings. The van der Waals surface area contributed by atoms with Gasteiger partial charge in [-0.05, 0) is 49.2 Å². The predicted molar refractivity (Wildman–Crippen MR) is 102 cm³/mol. The van der Waals surface area contributed by atoms with E-state index in [1.54, 1.807) is 30.3 Å². The zero-order chi connectivity index (χ0) is 19.2. The molecule has 1 unspecified atom stereocenters. The zero-order valence-electron chi connectivity index (χ0n) is 14.9. The number of piperidine rings is 1. The van der Waals surface area contributed by atoms with Gasteiger partial charge in [0.1, 0.15) is 18.5 Å². The number of β-amino-alcohol motifs (C(OH)–C–C–N with tert-alkyl or cyclic N) is 1. The number of halogens is 3. The van der Waals surface area contributed by atoms with Crippen molar-refractivity contribution in [3.63, 3.8) is 0 Å². The fraction of sp³-hybridized carbons (Fsp3) is 0.400. The van der Waals surface area contributed by atoms with E-state index in [0.29, 0.717) is 23.0 Å². The summed E-state index contributed by atoms with van der Waals surface area (Å²) in [6.07, 6.45) is 1.14. The molecule has 1 saturated heterocycles.